The first-order valence-corrected chi connectivity index (χ1v) is 6.72. The van der Waals surface area contributed by atoms with E-state index in [0.717, 1.165) is 12.8 Å². The molecule has 1 aliphatic carbocycles. The summed E-state index contributed by atoms with van der Waals surface area (Å²) in [7, 11) is -0.486. The van der Waals surface area contributed by atoms with Gasteiger partial charge in [-0.1, -0.05) is 0 Å². The number of rotatable bonds is 3. The Balaban J connectivity index is 1.79. The number of ether oxygens (including phenoxy) is 1. The van der Waals surface area contributed by atoms with Crippen LogP contribution in [0.2, 0.25) is 0 Å². The van der Waals surface area contributed by atoms with Gasteiger partial charge in [0.1, 0.15) is 6.10 Å². The summed E-state index contributed by atoms with van der Waals surface area (Å²) in [6.07, 6.45) is 5.81. The number of aromatic nitrogens is 2. The van der Waals surface area contributed by atoms with Crippen LogP contribution in [0.25, 0.3) is 0 Å². The average molecular weight is 262 g/mol. The van der Waals surface area contributed by atoms with E-state index in [1.165, 1.54) is 0 Å². The molecule has 1 aromatic rings. The fraction of sp³-hybridized carbons (Fsp3) is 0.692. The summed E-state index contributed by atoms with van der Waals surface area (Å²) >= 11 is 0. The van der Waals surface area contributed by atoms with Crippen molar-refractivity contribution in [2.75, 3.05) is 0 Å². The summed E-state index contributed by atoms with van der Waals surface area (Å²) in [6.45, 7) is 8.08. The molecule has 6 heteroatoms. The SMILES string of the molecule is CC1(C)OB(c2cncc(OC3CC3)n2)OC1(C)C. The quantitative estimate of drug-likeness (QED) is 0.769. The third-order valence-electron chi connectivity index (χ3n) is 3.94. The van der Waals surface area contributed by atoms with Crippen molar-refractivity contribution in [1.82, 2.24) is 9.97 Å². The summed E-state index contributed by atoms with van der Waals surface area (Å²) in [5.41, 5.74) is -0.0730. The van der Waals surface area contributed by atoms with Crippen LogP contribution in [0.4, 0.5) is 0 Å². The maximum absolute atomic E-state index is 5.95. The van der Waals surface area contributed by atoms with Crippen molar-refractivity contribution in [3.63, 3.8) is 0 Å². The third-order valence-corrected chi connectivity index (χ3v) is 3.94. The van der Waals surface area contributed by atoms with Crippen LogP contribution in [0.5, 0.6) is 5.88 Å². The van der Waals surface area contributed by atoms with E-state index in [9.17, 15) is 0 Å². The van der Waals surface area contributed by atoms with E-state index in [1.54, 1.807) is 12.4 Å². The van der Waals surface area contributed by atoms with Gasteiger partial charge in [0.05, 0.1) is 23.0 Å². The van der Waals surface area contributed by atoms with Crippen LogP contribution in [0, 0.1) is 0 Å². The van der Waals surface area contributed by atoms with Gasteiger partial charge >= 0.3 is 7.12 Å². The first kappa shape index (κ1) is 12.9. The van der Waals surface area contributed by atoms with Gasteiger partial charge in [0.2, 0.25) is 5.88 Å². The van der Waals surface area contributed by atoms with Crippen LogP contribution in [-0.2, 0) is 9.31 Å². The highest BCUT2D eigenvalue weighted by Crippen LogP contribution is 2.36. The maximum atomic E-state index is 5.95. The molecule has 5 nitrogen and oxygen atoms in total. The van der Waals surface area contributed by atoms with Gasteiger partial charge in [-0.05, 0) is 40.5 Å². The lowest BCUT2D eigenvalue weighted by Gasteiger charge is -2.32. The summed E-state index contributed by atoms with van der Waals surface area (Å²) in [5, 5.41) is 0. The van der Waals surface area contributed by atoms with Gasteiger partial charge in [-0.3, -0.25) is 4.98 Å². The van der Waals surface area contributed by atoms with Crippen molar-refractivity contribution >= 4 is 12.7 Å². The summed E-state index contributed by atoms with van der Waals surface area (Å²) in [4.78, 5) is 8.59. The monoisotopic (exact) mass is 262 g/mol. The molecule has 0 amide bonds. The van der Waals surface area contributed by atoms with Gasteiger partial charge in [-0.25, -0.2) is 4.98 Å². The van der Waals surface area contributed by atoms with Crippen molar-refractivity contribution in [2.45, 2.75) is 57.8 Å². The number of hydrogen-bond donors (Lipinski definition) is 0. The predicted molar refractivity (Wildman–Crippen MR) is 71.4 cm³/mol. The molecule has 1 aromatic heterocycles. The van der Waals surface area contributed by atoms with E-state index < -0.39 is 7.12 Å². The molecule has 0 bridgehead atoms. The molecule has 0 N–H and O–H groups in total. The summed E-state index contributed by atoms with van der Waals surface area (Å²) in [5.74, 6) is 0.551. The van der Waals surface area contributed by atoms with Crippen molar-refractivity contribution < 1.29 is 14.0 Å². The van der Waals surface area contributed by atoms with Crippen molar-refractivity contribution in [3.8, 4) is 5.88 Å². The Bertz CT molecular complexity index is 473. The van der Waals surface area contributed by atoms with Gasteiger partial charge in [-0.2, -0.15) is 0 Å². The first-order valence-electron chi connectivity index (χ1n) is 6.72. The summed E-state index contributed by atoms with van der Waals surface area (Å²) < 4.78 is 17.5. The lowest BCUT2D eigenvalue weighted by atomic mass is 9.85. The molecule has 0 unspecified atom stereocenters. The molecule has 19 heavy (non-hydrogen) atoms. The Kier molecular flexibility index (Phi) is 2.83. The Hall–Kier alpha value is -1.14. The van der Waals surface area contributed by atoms with Crippen molar-refractivity contribution in [3.05, 3.63) is 12.4 Å². The normalized spacial score (nSPS) is 24.5. The van der Waals surface area contributed by atoms with E-state index in [4.69, 9.17) is 14.0 Å². The minimum atomic E-state index is -0.486. The molecule has 2 fully saturated rings. The van der Waals surface area contributed by atoms with E-state index in [-0.39, 0.29) is 11.2 Å². The molecule has 0 atom stereocenters. The highest BCUT2D eigenvalue weighted by atomic mass is 16.7. The van der Waals surface area contributed by atoms with Crippen LogP contribution in [0.1, 0.15) is 40.5 Å². The maximum Gasteiger partial charge on any atom is 0.516 e. The van der Waals surface area contributed by atoms with E-state index in [2.05, 4.69) is 9.97 Å². The average Bonchev–Trinajstić information content (AvgIpc) is 3.07. The molecule has 0 spiro atoms. The molecule has 1 saturated heterocycles. The first-order chi connectivity index (χ1) is 8.87. The minimum Gasteiger partial charge on any atom is -0.473 e. The van der Waals surface area contributed by atoms with Crippen LogP contribution in [0.3, 0.4) is 0 Å². The number of nitrogens with zero attached hydrogens (tertiary/aromatic N) is 2. The highest BCUT2D eigenvalue weighted by Gasteiger charge is 2.52. The smallest absolute Gasteiger partial charge is 0.473 e. The molecule has 0 aromatic carbocycles. The molecular weight excluding hydrogens is 243 g/mol. The van der Waals surface area contributed by atoms with Gasteiger partial charge in [0.25, 0.3) is 0 Å². The van der Waals surface area contributed by atoms with E-state index >= 15 is 0 Å². The Morgan fingerprint density at radius 3 is 2.37 bits per heavy atom. The second-order valence-electron chi connectivity index (χ2n) is 6.19. The van der Waals surface area contributed by atoms with Crippen molar-refractivity contribution in [1.29, 1.82) is 0 Å². The van der Waals surface area contributed by atoms with Gasteiger partial charge in [0.15, 0.2) is 0 Å². The zero-order valence-electron chi connectivity index (χ0n) is 11.8. The highest BCUT2D eigenvalue weighted by molar-refractivity contribution is 6.61. The topological polar surface area (TPSA) is 53.5 Å². The Morgan fingerprint density at radius 2 is 1.79 bits per heavy atom. The van der Waals surface area contributed by atoms with Gasteiger partial charge < -0.3 is 14.0 Å². The fourth-order valence-electron chi connectivity index (χ4n) is 1.85. The number of hydrogen-bond acceptors (Lipinski definition) is 5. The molecule has 2 aliphatic rings. The summed E-state index contributed by atoms with van der Waals surface area (Å²) in [6, 6.07) is 0. The molecule has 2 heterocycles. The molecule has 1 saturated carbocycles. The lowest BCUT2D eigenvalue weighted by molar-refractivity contribution is 0.00578. The standard InChI is InChI=1S/C13H19BN2O3/c1-12(2)13(3,4)19-14(18-12)10-7-15-8-11(16-10)17-9-5-6-9/h7-9H,5-6H2,1-4H3. The van der Waals surface area contributed by atoms with E-state index in [0.29, 0.717) is 17.6 Å². The Labute approximate surface area is 113 Å². The zero-order valence-corrected chi connectivity index (χ0v) is 11.8. The third kappa shape index (κ3) is 2.47. The minimum absolute atomic E-state index is 0.308. The van der Waals surface area contributed by atoms with Crippen LogP contribution < -0.4 is 10.3 Å². The lowest BCUT2D eigenvalue weighted by Crippen LogP contribution is -2.41. The molecular formula is C13H19BN2O3. The van der Waals surface area contributed by atoms with Gasteiger partial charge in [-0.15, -0.1) is 0 Å². The second-order valence-corrected chi connectivity index (χ2v) is 6.19. The molecule has 0 radical (unpaired) electrons. The fourth-order valence-corrected chi connectivity index (χ4v) is 1.85. The zero-order chi connectivity index (χ0) is 13.7. The Morgan fingerprint density at radius 1 is 1.16 bits per heavy atom. The largest absolute Gasteiger partial charge is 0.516 e. The van der Waals surface area contributed by atoms with Crippen LogP contribution in [-0.4, -0.2) is 34.4 Å². The molecule has 102 valence electrons. The van der Waals surface area contributed by atoms with Crippen molar-refractivity contribution in [2.24, 2.45) is 0 Å². The predicted octanol–water partition coefficient (Wildman–Crippen LogP) is 1.32. The van der Waals surface area contributed by atoms with Crippen LogP contribution in [0.15, 0.2) is 12.4 Å². The molecule has 1 aliphatic heterocycles. The second kappa shape index (κ2) is 4.18. The van der Waals surface area contributed by atoms with Crippen LogP contribution >= 0.6 is 0 Å². The molecule has 3 rings (SSSR count). The van der Waals surface area contributed by atoms with Gasteiger partial charge in [0, 0.05) is 6.20 Å². The van der Waals surface area contributed by atoms with E-state index in [1.807, 2.05) is 27.7 Å².